The first kappa shape index (κ1) is 15.6. The SMILES string of the molecule is COc1ccc(Cl)cc1CNCc1cnccc1N(C)C. The molecule has 0 amide bonds. The van der Waals surface area contributed by atoms with Crippen molar-refractivity contribution in [2.75, 3.05) is 26.1 Å². The first-order chi connectivity index (χ1) is 10.1. The van der Waals surface area contributed by atoms with Gasteiger partial charge in [-0.25, -0.2) is 0 Å². The van der Waals surface area contributed by atoms with Crippen LogP contribution in [0.2, 0.25) is 5.02 Å². The summed E-state index contributed by atoms with van der Waals surface area (Å²) in [6, 6.07) is 7.64. The van der Waals surface area contributed by atoms with E-state index in [1.54, 1.807) is 13.3 Å². The minimum absolute atomic E-state index is 0.686. The van der Waals surface area contributed by atoms with Crippen molar-refractivity contribution in [3.63, 3.8) is 0 Å². The Morgan fingerprint density at radius 2 is 1.95 bits per heavy atom. The topological polar surface area (TPSA) is 37.4 Å². The summed E-state index contributed by atoms with van der Waals surface area (Å²) in [5.41, 5.74) is 3.36. The average Bonchev–Trinajstić information content (AvgIpc) is 2.48. The Morgan fingerprint density at radius 1 is 1.19 bits per heavy atom. The second-order valence-electron chi connectivity index (χ2n) is 4.96. The lowest BCUT2D eigenvalue weighted by Crippen LogP contribution is -2.17. The number of rotatable bonds is 6. The summed E-state index contributed by atoms with van der Waals surface area (Å²) in [7, 11) is 5.72. The average molecular weight is 306 g/mol. The number of aromatic nitrogens is 1. The van der Waals surface area contributed by atoms with Gasteiger partial charge in [-0.15, -0.1) is 0 Å². The third-order valence-electron chi connectivity index (χ3n) is 3.23. The molecule has 0 unspecified atom stereocenters. The van der Waals surface area contributed by atoms with Gasteiger partial charge in [-0.2, -0.15) is 0 Å². The molecular formula is C16H20ClN3O. The van der Waals surface area contributed by atoms with Crippen molar-refractivity contribution in [2.24, 2.45) is 0 Å². The predicted octanol–water partition coefficient (Wildman–Crippen LogP) is 3.10. The van der Waals surface area contributed by atoms with Crippen LogP contribution in [0, 0.1) is 0 Å². The van der Waals surface area contributed by atoms with E-state index in [1.807, 2.05) is 44.6 Å². The number of pyridine rings is 1. The minimum atomic E-state index is 0.686. The summed E-state index contributed by atoms with van der Waals surface area (Å²) in [6.45, 7) is 1.42. The maximum Gasteiger partial charge on any atom is 0.123 e. The van der Waals surface area contributed by atoms with Gasteiger partial charge in [0.25, 0.3) is 0 Å². The van der Waals surface area contributed by atoms with Crippen LogP contribution in [0.4, 0.5) is 5.69 Å². The summed E-state index contributed by atoms with van der Waals surface area (Å²) in [6.07, 6.45) is 3.69. The number of ether oxygens (including phenoxy) is 1. The van der Waals surface area contributed by atoms with Crippen LogP contribution >= 0.6 is 11.6 Å². The highest BCUT2D eigenvalue weighted by molar-refractivity contribution is 6.30. The zero-order valence-electron chi connectivity index (χ0n) is 12.6. The molecule has 0 aliphatic heterocycles. The van der Waals surface area contributed by atoms with Crippen LogP contribution in [0.15, 0.2) is 36.7 Å². The molecule has 21 heavy (non-hydrogen) atoms. The van der Waals surface area contributed by atoms with E-state index in [-0.39, 0.29) is 0 Å². The van der Waals surface area contributed by atoms with Gasteiger partial charge in [0.1, 0.15) is 5.75 Å². The van der Waals surface area contributed by atoms with E-state index >= 15 is 0 Å². The summed E-state index contributed by atoms with van der Waals surface area (Å²) in [4.78, 5) is 6.27. The molecule has 0 aliphatic carbocycles. The van der Waals surface area contributed by atoms with Crippen molar-refractivity contribution in [1.29, 1.82) is 0 Å². The predicted molar refractivity (Wildman–Crippen MR) is 87.1 cm³/mol. The zero-order chi connectivity index (χ0) is 15.2. The Bertz CT molecular complexity index is 602. The molecule has 2 aromatic rings. The van der Waals surface area contributed by atoms with Gasteiger partial charge >= 0.3 is 0 Å². The molecule has 0 atom stereocenters. The summed E-state index contributed by atoms with van der Waals surface area (Å²) < 4.78 is 5.35. The number of halogens is 1. The van der Waals surface area contributed by atoms with Crippen LogP contribution in [-0.2, 0) is 13.1 Å². The molecule has 0 radical (unpaired) electrons. The molecular weight excluding hydrogens is 286 g/mol. The van der Waals surface area contributed by atoms with Crippen molar-refractivity contribution in [2.45, 2.75) is 13.1 Å². The minimum Gasteiger partial charge on any atom is -0.496 e. The van der Waals surface area contributed by atoms with Gasteiger partial charge in [-0.3, -0.25) is 4.98 Å². The first-order valence-corrected chi connectivity index (χ1v) is 7.13. The van der Waals surface area contributed by atoms with Crippen LogP contribution in [-0.4, -0.2) is 26.2 Å². The van der Waals surface area contributed by atoms with Gasteiger partial charge in [0.15, 0.2) is 0 Å². The third kappa shape index (κ3) is 4.09. The maximum absolute atomic E-state index is 6.04. The largest absolute Gasteiger partial charge is 0.496 e. The van der Waals surface area contributed by atoms with E-state index in [0.29, 0.717) is 11.6 Å². The number of nitrogens with one attached hydrogen (secondary N) is 1. The number of hydrogen-bond donors (Lipinski definition) is 1. The monoisotopic (exact) mass is 305 g/mol. The number of methoxy groups -OCH3 is 1. The fraction of sp³-hybridized carbons (Fsp3) is 0.312. The second-order valence-corrected chi connectivity index (χ2v) is 5.39. The van der Waals surface area contributed by atoms with Gasteiger partial charge in [-0.1, -0.05) is 11.6 Å². The Kier molecular flexibility index (Phi) is 5.42. The molecule has 1 N–H and O–H groups in total. The van der Waals surface area contributed by atoms with Crippen LogP contribution in [0.25, 0.3) is 0 Å². The summed E-state index contributed by atoms with van der Waals surface area (Å²) >= 11 is 6.04. The molecule has 0 fully saturated rings. The second kappa shape index (κ2) is 7.29. The van der Waals surface area contributed by atoms with E-state index in [9.17, 15) is 0 Å². The van der Waals surface area contributed by atoms with Crippen molar-refractivity contribution >= 4 is 17.3 Å². The van der Waals surface area contributed by atoms with Crippen LogP contribution in [0.1, 0.15) is 11.1 Å². The smallest absolute Gasteiger partial charge is 0.123 e. The molecule has 2 rings (SSSR count). The van der Waals surface area contributed by atoms with E-state index < -0.39 is 0 Å². The molecule has 5 heteroatoms. The van der Waals surface area contributed by atoms with Crippen molar-refractivity contribution < 1.29 is 4.74 Å². The molecule has 0 saturated heterocycles. The Labute approximate surface area is 130 Å². The molecule has 0 spiro atoms. The lowest BCUT2D eigenvalue weighted by molar-refractivity contribution is 0.407. The van der Waals surface area contributed by atoms with Gasteiger partial charge in [0.05, 0.1) is 7.11 Å². The highest BCUT2D eigenvalue weighted by Crippen LogP contribution is 2.23. The first-order valence-electron chi connectivity index (χ1n) is 6.75. The van der Waals surface area contributed by atoms with Crippen LogP contribution < -0.4 is 15.0 Å². The molecule has 1 aromatic carbocycles. The highest BCUT2D eigenvalue weighted by atomic mass is 35.5. The fourth-order valence-electron chi connectivity index (χ4n) is 2.21. The molecule has 112 valence electrons. The van der Waals surface area contributed by atoms with Gasteiger partial charge in [-0.05, 0) is 24.3 Å². The van der Waals surface area contributed by atoms with E-state index in [1.165, 1.54) is 0 Å². The van der Waals surface area contributed by atoms with E-state index in [4.69, 9.17) is 16.3 Å². The summed E-state index contributed by atoms with van der Waals surface area (Å²) in [5, 5.41) is 4.12. The van der Waals surface area contributed by atoms with Gasteiger partial charge in [0.2, 0.25) is 0 Å². The third-order valence-corrected chi connectivity index (χ3v) is 3.47. The summed E-state index contributed by atoms with van der Waals surface area (Å²) in [5.74, 6) is 0.839. The maximum atomic E-state index is 6.04. The van der Waals surface area contributed by atoms with E-state index in [0.717, 1.165) is 29.1 Å². The highest BCUT2D eigenvalue weighted by Gasteiger charge is 2.06. The number of anilines is 1. The Hall–Kier alpha value is -1.78. The Balaban J connectivity index is 2.04. The molecule has 0 saturated carbocycles. The van der Waals surface area contributed by atoms with E-state index in [2.05, 4.69) is 15.2 Å². The quantitative estimate of drug-likeness (QED) is 0.890. The molecule has 1 aromatic heterocycles. The fourth-order valence-corrected chi connectivity index (χ4v) is 2.40. The van der Waals surface area contributed by atoms with Crippen LogP contribution in [0.3, 0.4) is 0 Å². The van der Waals surface area contributed by atoms with Gasteiger partial charge < -0.3 is 15.0 Å². The molecule has 4 nitrogen and oxygen atoms in total. The Morgan fingerprint density at radius 3 is 2.67 bits per heavy atom. The number of benzene rings is 1. The molecule has 0 aliphatic rings. The van der Waals surface area contributed by atoms with Gasteiger partial charge in [0, 0.05) is 61.4 Å². The zero-order valence-corrected chi connectivity index (χ0v) is 13.3. The van der Waals surface area contributed by atoms with Crippen LogP contribution in [0.5, 0.6) is 5.75 Å². The molecule has 0 bridgehead atoms. The van der Waals surface area contributed by atoms with Crippen molar-refractivity contribution in [3.8, 4) is 5.75 Å². The normalized spacial score (nSPS) is 10.5. The molecule has 1 heterocycles. The lowest BCUT2D eigenvalue weighted by atomic mass is 10.2. The number of hydrogen-bond acceptors (Lipinski definition) is 4. The number of nitrogens with zero attached hydrogens (tertiary/aromatic N) is 2. The standard InChI is InChI=1S/C16H20ClN3O/c1-20(2)15-6-7-18-10-13(15)11-19-9-12-8-14(17)4-5-16(12)21-3/h4-8,10,19H,9,11H2,1-3H3. The van der Waals surface area contributed by atoms with Crippen molar-refractivity contribution in [3.05, 3.63) is 52.8 Å². The van der Waals surface area contributed by atoms with Crippen molar-refractivity contribution in [1.82, 2.24) is 10.3 Å². The lowest BCUT2D eigenvalue weighted by Gasteiger charge is -2.17.